The van der Waals surface area contributed by atoms with Crippen LogP contribution in [0, 0.1) is 11.8 Å². The van der Waals surface area contributed by atoms with Crippen LogP contribution in [0.1, 0.15) is 32.3 Å². The van der Waals surface area contributed by atoms with Crippen molar-refractivity contribution in [2.75, 3.05) is 0 Å². The summed E-state index contributed by atoms with van der Waals surface area (Å²) in [6.07, 6.45) is 2.31. The van der Waals surface area contributed by atoms with Gasteiger partial charge in [-0.15, -0.1) is 0 Å². The van der Waals surface area contributed by atoms with Crippen LogP contribution in [-0.2, 0) is 20.8 Å². The van der Waals surface area contributed by atoms with Crippen LogP contribution in [-0.4, -0.2) is 34.0 Å². The molecule has 8 nitrogen and oxygen atoms in total. The van der Waals surface area contributed by atoms with E-state index in [4.69, 9.17) is 10.9 Å². The van der Waals surface area contributed by atoms with Crippen LogP contribution in [0.4, 0.5) is 0 Å². The van der Waals surface area contributed by atoms with Crippen molar-refractivity contribution in [1.29, 1.82) is 0 Å². The number of nitrogens with one attached hydrogen (secondary N) is 3. The molecule has 0 aliphatic rings. The van der Waals surface area contributed by atoms with Gasteiger partial charge in [0.15, 0.2) is 0 Å². The minimum atomic E-state index is -0.899. The van der Waals surface area contributed by atoms with Gasteiger partial charge in [0.1, 0.15) is 6.04 Å². The zero-order valence-electron chi connectivity index (χ0n) is 15.5. The second-order valence-corrected chi connectivity index (χ2v) is 7.09. The number of aromatic amines is 1. The summed E-state index contributed by atoms with van der Waals surface area (Å²) in [4.78, 5) is 39.2. The minimum Gasteiger partial charge on any atom is -0.368 e. The fourth-order valence-corrected chi connectivity index (χ4v) is 3.15. The Labute approximate surface area is 157 Å². The average molecular weight is 374 g/mol. The third-order valence-corrected chi connectivity index (χ3v) is 4.44. The van der Waals surface area contributed by atoms with E-state index in [2.05, 4.69) is 10.3 Å². The van der Waals surface area contributed by atoms with Crippen LogP contribution >= 0.6 is 0 Å². The molecule has 1 heterocycles. The summed E-state index contributed by atoms with van der Waals surface area (Å²) in [5, 5.41) is 12.4. The van der Waals surface area contributed by atoms with Gasteiger partial charge in [-0.05, 0) is 24.0 Å². The van der Waals surface area contributed by atoms with Crippen molar-refractivity contribution in [1.82, 2.24) is 15.8 Å². The fraction of sp³-hybridized carbons (Fsp3) is 0.421. The number of H-pyrrole nitrogens is 1. The summed E-state index contributed by atoms with van der Waals surface area (Å²) >= 11 is 0. The molecule has 1 aromatic heterocycles. The third kappa shape index (κ3) is 5.55. The number of rotatable bonds is 9. The number of hydrogen-bond acceptors (Lipinski definition) is 4. The Morgan fingerprint density at radius 2 is 1.93 bits per heavy atom. The van der Waals surface area contributed by atoms with Gasteiger partial charge in [0.05, 0.1) is 0 Å². The Morgan fingerprint density at radius 3 is 2.56 bits per heavy atom. The van der Waals surface area contributed by atoms with E-state index in [1.54, 1.807) is 11.7 Å². The molecule has 0 saturated carbocycles. The monoisotopic (exact) mass is 374 g/mol. The van der Waals surface area contributed by atoms with Crippen LogP contribution in [0.2, 0.25) is 0 Å². The molecule has 146 valence electrons. The molecule has 0 aliphatic heterocycles. The van der Waals surface area contributed by atoms with E-state index < -0.39 is 29.7 Å². The van der Waals surface area contributed by atoms with E-state index in [1.165, 1.54) is 0 Å². The number of carbonyl (C=O) groups excluding carboxylic acids is 3. The lowest BCUT2D eigenvalue weighted by Crippen LogP contribution is -2.48. The van der Waals surface area contributed by atoms with Gasteiger partial charge in [-0.25, -0.2) is 5.48 Å². The van der Waals surface area contributed by atoms with Crippen molar-refractivity contribution in [3.63, 3.8) is 0 Å². The van der Waals surface area contributed by atoms with Crippen LogP contribution in [0.5, 0.6) is 0 Å². The highest BCUT2D eigenvalue weighted by Crippen LogP contribution is 2.20. The maximum atomic E-state index is 12.6. The number of carbonyl (C=O) groups is 3. The quantitative estimate of drug-likeness (QED) is 0.333. The maximum absolute atomic E-state index is 12.6. The summed E-state index contributed by atoms with van der Waals surface area (Å²) in [7, 11) is 0. The van der Waals surface area contributed by atoms with Gasteiger partial charge in [0.25, 0.3) is 0 Å². The van der Waals surface area contributed by atoms with E-state index in [1.807, 2.05) is 38.1 Å². The first kappa shape index (κ1) is 20.4. The molecule has 2 rings (SSSR count). The number of aromatic nitrogens is 1. The van der Waals surface area contributed by atoms with Gasteiger partial charge in [-0.3, -0.25) is 19.6 Å². The lowest BCUT2D eigenvalue weighted by molar-refractivity contribution is -0.136. The SMILES string of the molecule is CC(C)CC(CC(=O)NO)C(=O)NC(Cc1c[nH]c2ccccc12)C(N)=O. The fourth-order valence-electron chi connectivity index (χ4n) is 3.15. The van der Waals surface area contributed by atoms with E-state index in [0.29, 0.717) is 6.42 Å². The van der Waals surface area contributed by atoms with Crippen molar-refractivity contribution in [3.8, 4) is 0 Å². The molecule has 0 spiro atoms. The average Bonchev–Trinajstić information content (AvgIpc) is 3.03. The Balaban J connectivity index is 2.14. The molecule has 0 radical (unpaired) electrons. The lowest BCUT2D eigenvalue weighted by atomic mass is 9.92. The molecular weight excluding hydrogens is 348 g/mol. The van der Waals surface area contributed by atoms with Crippen LogP contribution in [0.25, 0.3) is 10.9 Å². The predicted molar refractivity (Wildman–Crippen MR) is 101 cm³/mol. The summed E-state index contributed by atoms with van der Waals surface area (Å²) in [5.41, 5.74) is 8.83. The van der Waals surface area contributed by atoms with E-state index in [9.17, 15) is 14.4 Å². The maximum Gasteiger partial charge on any atom is 0.244 e. The van der Waals surface area contributed by atoms with Gasteiger partial charge in [-0.1, -0.05) is 32.0 Å². The van der Waals surface area contributed by atoms with Crippen LogP contribution in [0.15, 0.2) is 30.5 Å². The highest BCUT2D eigenvalue weighted by atomic mass is 16.5. The number of primary amides is 1. The topological polar surface area (TPSA) is 137 Å². The standard InChI is InChI=1S/C19H26N4O4/c1-11(2)7-12(9-17(24)23-27)19(26)22-16(18(20)25)8-13-10-21-15-6-4-3-5-14(13)15/h3-6,10-12,16,21,27H,7-9H2,1-2H3,(H2,20,25)(H,22,26)(H,23,24). The van der Waals surface area contributed by atoms with Crippen molar-refractivity contribution >= 4 is 28.6 Å². The molecule has 6 N–H and O–H groups in total. The molecule has 0 saturated heterocycles. The van der Waals surface area contributed by atoms with Gasteiger partial charge < -0.3 is 16.0 Å². The Kier molecular flexibility index (Phi) is 6.95. The second-order valence-electron chi connectivity index (χ2n) is 7.09. The summed E-state index contributed by atoms with van der Waals surface area (Å²) in [5.74, 6) is -2.24. The smallest absolute Gasteiger partial charge is 0.244 e. The van der Waals surface area contributed by atoms with Gasteiger partial charge >= 0.3 is 0 Å². The zero-order valence-corrected chi connectivity index (χ0v) is 15.5. The van der Waals surface area contributed by atoms with Crippen LogP contribution < -0.4 is 16.5 Å². The normalized spacial score (nSPS) is 13.3. The summed E-state index contributed by atoms with van der Waals surface area (Å²) < 4.78 is 0. The summed E-state index contributed by atoms with van der Waals surface area (Å²) in [6, 6.07) is 6.74. The molecular formula is C19H26N4O4. The van der Waals surface area contributed by atoms with Crippen molar-refractivity contribution in [3.05, 3.63) is 36.0 Å². The molecule has 2 atom stereocenters. The lowest BCUT2D eigenvalue weighted by Gasteiger charge is -2.21. The molecule has 0 aliphatic carbocycles. The van der Waals surface area contributed by atoms with E-state index in [0.717, 1.165) is 16.5 Å². The predicted octanol–water partition coefficient (Wildman–Crippen LogP) is 1.24. The molecule has 2 aromatic rings. The Hall–Kier alpha value is -2.87. The van der Waals surface area contributed by atoms with Gasteiger partial charge in [0, 0.05) is 35.9 Å². The number of nitrogens with two attached hydrogens (primary N) is 1. The molecule has 0 bridgehead atoms. The number of fused-ring (bicyclic) bond motifs is 1. The molecule has 27 heavy (non-hydrogen) atoms. The van der Waals surface area contributed by atoms with Crippen LogP contribution in [0.3, 0.4) is 0 Å². The molecule has 2 unspecified atom stereocenters. The van der Waals surface area contributed by atoms with Crippen molar-refractivity contribution < 1.29 is 19.6 Å². The second kappa shape index (κ2) is 9.18. The van der Waals surface area contributed by atoms with Crippen molar-refractivity contribution in [2.45, 2.75) is 39.2 Å². The van der Waals surface area contributed by atoms with E-state index in [-0.39, 0.29) is 18.8 Å². The minimum absolute atomic E-state index is 0.160. The number of para-hydroxylation sites is 1. The van der Waals surface area contributed by atoms with Gasteiger partial charge in [-0.2, -0.15) is 0 Å². The largest absolute Gasteiger partial charge is 0.368 e. The highest BCUT2D eigenvalue weighted by molar-refractivity contribution is 5.91. The zero-order chi connectivity index (χ0) is 20.0. The number of hydroxylamine groups is 1. The number of amides is 3. The van der Waals surface area contributed by atoms with Gasteiger partial charge in [0.2, 0.25) is 17.7 Å². The number of hydrogen-bond donors (Lipinski definition) is 5. The van der Waals surface area contributed by atoms with Crippen molar-refractivity contribution in [2.24, 2.45) is 17.6 Å². The molecule has 0 fully saturated rings. The third-order valence-electron chi connectivity index (χ3n) is 4.44. The first-order valence-electron chi connectivity index (χ1n) is 8.89. The Bertz CT molecular complexity index is 815. The molecule has 8 heteroatoms. The molecule has 1 aromatic carbocycles. The summed E-state index contributed by atoms with van der Waals surface area (Å²) in [6.45, 7) is 3.85. The highest BCUT2D eigenvalue weighted by Gasteiger charge is 2.27. The first-order chi connectivity index (χ1) is 12.8. The first-order valence-corrected chi connectivity index (χ1v) is 8.89. The van der Waals surface area contributed by atoms with E-state index >= 15 is 0 Å². The Morgan fingerprint density at radius 1 is 1.22 bits per heavy atom. The number of benzene rings is 1. The molecule has 3 amide bonds.